The Balaban J connectivity index is 2.86. The third-order valence-electron chi connectivity index (χ3n) is 2.13. The third kappa shape index (κ3) is 1.31. The first-order valence-corrected chi connectivity index (χ1v) is 4.09. The molecular weight excluding hydrogens is 164 g/mol. The topological polar surface area (TPSA) is 40.5 Å². The molecule has 0 aromatic heterocycles. The van der Waals surface area contributed by atoms with Gasteiger partial charge >= 0.3 is 0 Å². The molecule has 0 radical (unpaired) electrons. The van der Waals surface area contributed by atoms with E-state index in [-0.39, 0.29) is 11.5 Å². The van der Waals surface area contributed by atoms with Crippen molar-refractivity contribution in [2.75, 3.05) is 0 Å². The molecule has 0 unspecified atom stereocenters. The Bertz CT molecular complexity index is 456. The lowest BCUT2D eigenvalue weighted by atomic mass is 10.0. The Kier molecular flexibility index (Phi) is 1.62. The maximum atomic E-state index is 9.32. The summed E-state index contributed by atoms with van der Waals surface area (Å²) in [5.41, 5.74) is 1.01. The first-order valence-electron chi connectivity index (χ1n) is 4.09. The van der Waals surface area contributed by atoms with E-state index in [9.17, 15) is 10.2 Å². The molecule has 2 aromatic carbocycles. The van der Waals surface area contributed by atoms with Gasteiger partial charge in [-0.25, -0.2) is 0 Å². The average Bonchev–Trinajstić information content (AvgIpc) is 2.02. The first-order chi connectivity index (χ1) is 6.16. The lowest BCUT2D eigenvalue weighted by Crippen LogP contribution is -1.78. The number of aromatic hydroxyl groups is 2. The molecule has 0 saturated heterocycles. The number of hydrogen-bond acceptors (Lipinski definition) is 2. The predicted octanol–water partition coefficient (Wildman–Crippen LogP) is 2.56. The van der Waals surface area contributed by atoms with Crippen molar-refractivity contribution in [2.24, 2.45) is 0 Å². The molecule has 13 heavy (non-hydrogen) atoms. The maximum Gasteiger partial charge on any atom is 0.116 e. The summed E-state index contributed by atoms with van der Waals surface area (Å²) in [7, 11) is 0. The van der Waals surface area contributed by atoms with E-state index < -0.39 is 0 Å². The summed E-state index contributed by atoms with van der Waals surface area (Å²) in [4.78, 5) is 0. The number of rotatable bonds is 0. The second-order valence-corrected chi connectivity index (χ2v) is 3.17. The van der Waals surface area contributed by atoms with Gasteiger partial charge in [-0.15, -0.1) is 0 Å². The molecule has 2 aromatic rings. The molecule has 2 nitrogen and oxygen atoms in total. The van der Waals surface area contributed by atoms with E-state index in [0.29, 0.717) is 0 Å². The summed E-state index contributed by atoms with van der Waals surface area (Å²) in [5, 5.41) is 20.5. The molecule has 0 atom stereocenters. The summed E-state index contributed by atoms with van der Waals surface area (Å²) in [6.45, 7) is 1.93. The molecule has 0 aliphatic carbocycles. The van der Waals surface area contributed by atoms with Crippen LogP contribution in [0.2, 0.25) is 0 Å². The molecular formula is C11H10O2. The van der Waals surface area contributed by atoms with E-state index in [4.69, 9.17) is 0 Å². The Morgan fingerprint density at radius 1 is 0.923 bits per heavy atom. The van der Waals surface area contributed by atoms with Gasteiger partial charge < -0.3 is 10.2 Å². The van der Waals surface area contributed by atoms with Crippen molar-refractivity contribution in [2.45, 2.75) is 6.92 Å². The van der Waals surface area contributed by atoms with Crippen molar-refractivity contribution >= 4 is 10.8 Å². The van der Waals surface area contributed by atoms with Crippen LogP contribution in [0.25, 0.3) is 10.8 Å². The van der Waals surface area contributed by atoms with Gasteiger partial charge in [-0.05, 0) is 47.5 Å². The van der Waals surface area contributed by atoms with Crippen molar-refractivity contribution in [3.63, 3.8) is 0 Å². The Morgan fingerprint density at radius 2 is 1.62 bits per heavy atom. The Morgan fingerprint density at radius 3 is 2.38 bits per heavy atom. The Labute approximate surface area is 76.1 Å². The molecule has 0 amide bonds. The van der Waals surface area contributed by atoms with Crippen LogP contribution in [0.3, 0.4) is 0 Å². The molecule has 0 saturated carbocycles. The highest BCUT2D eigenvalue weighted by atomic mass is 16.3. The fourth-order valence-corrected chi connectivity index (χ4v) is 1.53. The van der Waals surface area contributed by atoms with Gasteiger partial charge in [0.1, 0.15) is 11.5 Å². The molecule has 0 bridgehead atoms. The normalized spacial score (nSPS) is 10.5. The summed E-state index contributed by atoms with van der Waals surface area (Å²) >= 11 is 0. The minimum atomic E-state index is 0.220. The quantitative estimate of drug-likeness (QED) is 0.644. The fraction of sp³-hybridized carbons (Fsp3) is 0.0909. The van der Waals surface area contributed by atoms with Crippen LogP contribution < -0.4 is 0 Å². The zero-order chi connectivity index (χ0) is 9.42. The van der Waals surface area contributed by atoms with Crippen LogP contribution in [-0.4, -0.2) is 10.2 Å². The van der Waals surface area contributed by atoms with Crippen molar-refractivity contribution in [3.8, 4) is 11.5 Å². The zero-order valence-corrected chi connectivity index (χ0v) is 7.28. The van der Waals surface area contributed by atoms with Crippen LogP contribution >= 0.6 is 0 Å². The summed E-state index contributed by atoms with van der Waals surface area (Å²) < 4.78 is 0. The molecule has 0 heterocycles. The highest BCUT2D eigenvalue weighted by Crippen LogP contribution is 2.26. The van der Waals surface area contributed by atoms with Crippen LogP contribution in [0.4, 0.5) is 0 Å². The molecule has 0 spiro atoms. The van der Waals surface area contributed by atoms with Gasteiger partial charge in [-0.1, -0.05) is 6.07 Å². The van der Waals surface area contributed by atoms with Crippen molar-refractivity contribution < 1.29 is 10.2 Å². The van der Waals surface area contributed by atoms with Crippen LogP contribution in [0.5, 0.6) is 11.5 Å². The monoisotopic (exact) mass is 174 g/mol. The van der Waals surface area contributed by atoms with E-state index >= 15 is 0 Å². The van der Waals surface area contributed by atoms with Gasteiger partial charge in [0, 0.05) is 0 Å². The lowest BCUT2D eigenvalue weighted by molar-refractivity contribution is 0.474. The van der Waals surface area contributed by atoms with Crippen LogP contribution in [0, 0.1) is 6.92 Å². The van der Waals surface area contributed by atoms with Crippen LogP contribution in [-0.2, 0) is 0 Å². The van der Waals surface area contributed by atoms with Crippen molar-refractivity contribution in [3.05, 3.63) is 35.9 Å². The molecule has 2 heteroatoms. The third-order valence-corrected chi connectivity index (χ3v) is 2.13. The lowest BCUT2D eigenvalue weighted by Gasteiger charge is -2.03. The minimum absolute atomic E-state index is 0.220. The molecule has 2 N–H and O–H groups in total. The van der Waals surface area contributed by atoms with Gasteiger partial charge in [-0.2, -0.15) is 0 Å². The first kappa shape index (κ1) is 7.92. The number of phenols is 2. The Hall–Kier alpha value is -1.70. The molecule has 0 aliphatic rings. The van der Waals surface area contributed by atoms with Gasteiger partial charge in [0.25, 0.3) is 0 Å². The van der Waals surface area contributed by atoms with Gasteiger partial charge in [0.15, 0.2) is 0 Å². The fourth-order valence-electron chi connectivity index (χ4n) is 1.53. The summed E-state index contributed by atoms with van der Waals surface area (Å²) in [6, 6.07) is 8.48. The second-order valence-electron chi connectivity index (χ2n) is 3.17. The zero-order valence-electron chi connectivity index (χ0n) is 7.28. The van der Waals surface area contributed by atoms with E-state index in [2.05, 4.69) is 0 Å². The van der Waals surface area contributed by atoms with E-state index in [1.165, 1.54) is 0 Å². The number of phenolic OH excluding ortho intramolecular Hbond substituents is 2. The SMILES string of the molecule is Cc1cc(O)cc2cc(O)ccc12. The molecule has 0 aliphatic heterocycles. The predicted molar refractivity (Wildman–Crippen MR) is 52.0 cm³/mol. The van der Waals surface area contributed by atoms with Crippen molar-refractivity contribution in [1.29, 1.82) is 0 Å². The average molecular weight is 174 g/mol. The molecule has 66 valence electrons. The number of fused-ring (bicyclic) bond motifs is 1. The highest BCUT2D eigenvalue weighted by Gasteiger charge is 2.00. The minimum Gasteiger partial charge on any atom is -0.508 e. The van der Waals surface area contributed by atoms with Crippen LogP contribution in [0.1, 0.15) is 5.56 Å². The van der Waals surface area contributed by atoms with E-state index in [0.717, 1.165) is 16.3 Å². The van der Waals surface area contributed by atoms with Crippen molar-refractivity contribution in [1.82, 2.24) is 0 Å². The molecule has 0 fully saturated rings. The van der Waals surface area contributed by atoms with Gasteiger partial charge in [-0.3, -0.25) is 0 Å². The number of aryl methyl sites for hydroxylation is 1. The van der Waals surface area contributed by atoms with Gasteiger partial charge in [0.05, 0.1) is 0 Å². The standard InChI is InChI=1S/C11H10O2/c1-7-4-10(13)6-8-5-9(12)2-3-11(7)8/h2-6,12-13H,1H3. The second kappa shape index (κ2) is 2.66. The summed E-state index contributed by atoms with van der Waals surface area (Å²) in [6.07, 6.45) is 0. The number of benzene rings is 2. The van der Waals surface area contributed by atoms with Gasteiger partial charge in [0.2, 0.25) is 0 Å². The number of hydrogen-bond donors (Lipinski definition) is 2. The molecule has 2 rings (SSSR count). The maximum absolute atomic E-state index is 9.32. The highest BCUT2D eigenvalue weighted by molar-refractivity contribution is 5.88. The van der Waals surface area contributed by atoms with E-state index in [1.807, 2.05) is 13.0 Å². The summed E-state index contributed by atoms with van der Waals surface area (Å²) in [5.74, 6) is 0.452. The van der Waals surface area contributed by atoms with Crippen LogP contribution in [0.15, 0.2) is 30.3 Å². The smallest absolute Gasteiger partial charge is 0.116 e. The largest absolute Gasteiger partial charge is 0.508 e. The van der Waals surface area contributed by atoms with E-state index in [1.54, 1.807) is 24.3 Å².